The Balaban J connectivity index is 1.80. The van der Waals surface area contributed by atoms with Gasteiger partial charge in [0.15, 0.2) is 0 Å². The van der Waals surface area contributed by atoms with Crippen LogP contribution in [0.15, 0.2) is 24.3 Å². The molecule has 0 nitrogen and oxygen atoms in total. The van der Waals surface area contributed by atoms with Crippen LogP contribution in [0.2, 0.25) is 0 Å². The summed E-state index contributed by atoms with van der Waals surface area (Å²) in [5.74, 6) is 0.629. The number of alkyl halides is 1. The molecule has 1 unspecified atom stereocenters. The average Bonchev–Trinajstić information content (AvgIpc) is 2.61. The summed E-state index contributed by atoms with van der Waals surface area (Å²) in [6.07, 6.45) is 10.2. The molecule has 1 atom stereocenters. The topological polar surface area (TPSA) is 0 Å². The van der Waals surface area contributed by atoms with Gasteiger partial charge in [0.25, 0.3) is 0 Å². The molecular formula is C16H22ClF. The number of benzene rings is 1. The highest BCUT2D eigenvalue weighted by molar-refractivity contribution is 6.20. The van der Waals surface area contributed by atoms with Gasteiger partial charge >= 0.3 is 0 Å². The molecule has 18 heavy (non-hydrogen) atoms. The molecule has 0 N–H and O–H groups in total. The molecule has 0 spiro atoms. The second kappa shape index (κ2) is 7.13. The third kappa shape index (κ3) is 4.61. The molecule has 1 aliphatic carbocycles. The van der Waals surface area contributed by atoms with E-state index in [1.54, 1.807) is 0 Å². The normalized spacial score (nSPS) is 19.4. The summed E-state index contributed by atoms with van der Waals surface area (Å²) in [5, 5.41) is 0.193. The van der Waals surface area contributed by atoms with Gasteiger partial charge in [-0.2, -0.15) is 0 Å². The molecule has 1 fully saturated rings. The van der Waals surface area contributed by atoms with Gasteiger partial charge in [-0.05, 0) is 36.5 Å². The van der Waals surface area contributed by atoms with Crippen LogP contribution < -0.4 is 0 Å². The highest BCUT2D eigenvalue weighted by Crippen LogP contribution is 2.28. The van der Waals surface area contributed by atoms with E-state index in [0.717, 1.165) is 24.3 Å². The SMILES string of the molecule is Fc1ccc(CC(Cl)CC2CCCCCC2)cc1. The van der Waals surface area contributed by atoms with Crippen LogP contribution >= 0.6 is 11.6 Å². The summed E-state index contributed by atoms with van der Waals surface area (Å²) in [6.45, 7) is 0. The van der Waals surface area contributed by atoms with Gasteiger partial charge in [-0.25, -0.2) is 4.39 Å². The van der Waals surface area contributed by atoms with Gasteiger partial charge in [-0.1, -0.05) is 50.7 Å². The van der Waals surface area contributed by atoms with Crippen LogP contribution in [-0.2, 0) is 6.42 Å². The fourth-order valence-corrected chi connectivity index (χ4v) is 3.35. The van der Waals surface area contributed by atoms with Crippen molar-refractivity contribution in [3.05, 3.63) is 35.6 Å². The minimum Gasteiger partial charge on any atom is -0.207 e. The van der Waals surface area contributed by atoms with E-state index in [0.29, 0.717) is 0 Å². The largest absolute Gasteiger partial charge is 0.207 e. The van der Waals surface area contributed by atoms with Crippen molar-refractivity contribution in [1.29, 1.82) is 0 Å². The molecule has 1 aliphatic rings. The smallest absolute Gasteiger partial charge is 0.123 e. The highest BCUT2D eigenvalue weighted by Gasteiger charge is 2.16. The van der Waals surface area contributed by atoms with Gasteiger partial charge in [0, 0.05) is 5.38 Å². The fourth-order valence-electron chi connectivity index (χ4n) is 2.92. The Bertz CT molecular complexity index is 339. The average molecular weight is 269 g/mol. The minimum absolute atomic E-state index is 0.173. The van der Waals surface area contributed by atoms with Gasteiger partial charge < -0.3 is 0 Å². The maximum absolute atomic E-state index is 12.8. The molecule has 1 aromatic rings. The second-order valence-electron chi connectivity index (χ2n) is 5.52. The summed E-state index contributed by atoms with van der Waals surface area (Å²) >= 11 is 6.45. The van der Waals surface area contributed by atoms with Crippen molar-refractivity contribution in [2.24, 2.45) is 5.92 Å². The predicted molar refractivity (Wildman–Crippen MR) is 75.6 cm³/mol. The molecule has 0 bridgehead atoms. The summed E-state index contributed by atoms with van der Waals surface area (Å²) in [6, 6.07) is 6.73. The van der Waals surface area contributed by atoms with E-state index in [1.165, 1.54) is 50.7 Å². The van der Waals surface area contributed by atoms with E-state index in [4.69, 9.17) is 11.6 Å². The molecule has 0 radical (unpaired) electrons. The number of hydrogen-bond acceptors (Lipinski definition) is 0. The second-order valence-corrected chi connectivity index (χ2v) is 6.14. The first-order valence-electron chi connectivity index (χ1n) is 7.12. The van der Waals surface area contributed by atoms with Crippen LogP contribution in [0.1, 0.15) is 50.5 Å². The Hall–Kier alpha value is -0.560. The zero-order valence-electron chi connectivity index (χ0n) is 10.9. The van der Waals surface area contributed by atoms with Gasteiger partial charge in [0.1, 0.15) is 5.82 Å². The van der Waals surface area contributed by atoms with Gasteiger partial charge in [-0.3, -0.25) is 0 Å². The van der Waals surface area contributed by atoms with Crippen molar-refractivity contribution in [2.45, 2.75) is 56.7 Å². The first kappa shape index (κ1) is 13.9. The fraction of sp³-hybridized carbons (Fsp3) is 0.625. The van der Waals surface area contributed by atoms with E-state index in [1.807, 2.05) is 12.1 Å². The predicted octanol–water partition coefficient (Wildman–Crippen LogP) is 5.34. The zero-order chi connectivity index (χ0) is 12.8. The summed E-state index contributed by atoms with van der Waals surface area (Å²) in [4.78, 5) is 0. The van der Waals surface area contributed by atoms with Crippen molar-refractivity contribution in [1.82, 2.24) is 0 Å². The molecule has 0 aliphatic heterocycles. The Morgan fingerprint density at radius 3 is 2.28 bits per heavy atom. The molecule has 0 aromatic heterocycles. The standard InChI is InChI=1S/C16H22ClF/c17-15(11-13-5-3-1-2-4-6-13)12-14-7-9-16(18)10-8-14/h7-10,13,15H,1-6,11-12H2. The summed E-state index contributed by atoms with van der Waals surface area (Å²) in [7, 11) is 0. The van der Waals surface area contributed by atoms with Crippen LogP contribution in [0.3, 0.4) is 0 Å². The highest BCUT2D eigenvalue weighted by atomic mass is 35.5. The number of hydrogen-bond donors (Lipinski definition) is 0. The summed E-state index contributed by atoms with van der Waals surface area (Å²) in [5.41, 5.74) is 1.14. The monoisotopic (exact) mass is 268 g/mol. The lowest BCUT2D eigenvalue weighted by molar-refractivity contribution is 0.419. The van der Waals surface area contributed by atoms with E-state index in [9.17, 15) is 4.39 Å². The van der Waals surface area contributed by atoms with E-state index < -0.39 is 0 Å². The number of halogens is 2. The van der Waals surface area contributed by atoms with Crippen molar-refractivity contribution in [3.63, 3.8) is 0 Å². The number of rotatable bonds is 4. The molecule has 0 amide bonds. The quantitative estimate of drug-likeness (QED) is 0.511. The van der Waals surface area contributed by atoms with E-state index >= 15 is 0 Å². The van der Waals surface area contributed by atoms with Crippen molar-refractivity contribution in [2.75, 3.05) is 0 Å². The minimum atomic E-state index is -0.173. The zero-order valence-corrected chi connectivity index (χ0v) is 11.6. The molecule has 2 rings (SSSR count). The van der Waals surface area contributed by atoms with Crippen molar-refractivity contribution < 1.29 is 4.39 Å². The summed E-state index contributed by atoms with van der Waals surface area (Å²) < 4.78 is 12.8. The third-order valence-electron chi connectivity index (χ3n) is 3.93. The van der Waals surface area contributed by atoms with E-state index in [2.05, 4.69) is 0 Å². The lowest BCUT2D eigenvalue weighted by Crippen LogP contribution is -2.11. The van der Waals surface area contributed by atoms with Gasteiger partial charge in [0.2, 0.25) is 0 Å². The Labute approximate surface area is 115 Å². The molecule has 2 heteroatoms. The van der Waals surface area contributed by atoms with Crippen LogP contribution in [0.5, 0.6) is 0 Å². The maximum Gasteiger partial charge on any atom is 0.123 e. The first-order valence-corrected chi connectivity index (χ1v) is 7.56. The van der Waals surface area contributed by atoms with Gasteiger partial charge in [0.05, 0.1) is 0 Å². The van der Waals surface area contributed by atoms with Crippen LogP contribution in [-0.4, -0.2) is 5.38 Å². The Morgan fingerprint density at radius 1 is 1.06 bits per heavy atom. The third-order valence-corrected chi connectivity index (χ3v) is 4.27. The maximum atomic E-state index is 12.8. The molecule has 0 heterocycles. The van der Waals surface area contributed by atoms with Crippen molar-refractivity contribution in [3.8, 4) is 0 Å². The Morgan fingerprint density at radius 2 is 1.67 bits per heavy atom. The van der Waals surface area contributed by atoms with Crippen molar-refractivity contribution >= 4 is 11.6 Å². The van der Waals surface area contributed by atoms with E-state index in [-0.39, 0.29) is 11.2 Å². The van der Waals surface area contributed by atoms with Crippen LogP contribution in [0.25, 0.3) is 0 Å². The van der Waals surface area contributed by atoms with Crippen LogP contribution in [0, 0.1) is 11.7 Å². The molecular weight excluding hydrogens is 247 g/mol. The molecule has 100 valence electrons. The van der Waals surface area contributed by atoms with Gasteiger partial charge in [-0.15, -0.1) is 11.6 Å². The Kier molecular flexibility index (Phi) is 5.49. The first-order chi connectivity index (χ1) is 8.74. The molecule has 1 aromatic carbocycles. The molecule has 0 saturated heterocycles. The lowest BCUT2D eigenvalue weighted by Gasteiger charge is -2.17. The molecule has 1 saturated carbocycles. The van der Waals surface area contributed by atoms with Crippen LogP contribution in [0.4, 0.5) is 4.39 Å². The lowest BCUT2D eigenvalue weighted by atomic mass is 9.93.